The number of rotatable bonds is 4. The lowest BCUT2D eigenvalue weighted by Gasteiger charge is -2.10. The minimum absolute atomic E-state index is 0.438. The summed E-state index contributed by atoms with van der Waals surface area (Å²) in [6, 6.07) is 12.9. The highest BCUT2D eigenvalue weighted by molar-refractivity contribution is 9.10. The van der Waals surface area contributed by atoms with Crippen LogP contribution >= 0.6 is 15.9 Å². The molecule has 2 aromatic carbocycles. The first kappa shape index (κ1) is 13.4. The summed E-state index contributed by atoms with van der Waals surface area (Å²) in [5.74, 6) is -0.466. The van der Waals surface area contributed by atoms with Crippen molar-refractivity contribution in [2.75, 3.05) is 11.1 Å². The Morgan fingerprint density at radius 1 is 1.16 bits per heavy atom. The number of amides is 1. The van der Waals surface area contributed by atoms with Gasteiger partial charge in [-0.3, -0.25) is 4.79 Å². The standard InChI is InChI=1S/C14H14BrN3O/c15-11-4-1-9(2-5-11)8-18-13-7-10(14(17)19)3-6-12(13)16/h1-7,18H,8,16H2,(H2,17,19). The Bertz CT molecular complexity index is 596. The van der Waals surface area contributed by atoms with Gasteiger partial charge in [0.05, 0.1) is 11.4 Å². The topological polar surface area (TPSA) is 81.1 Å². The predicted molar refractivity (Wildman–Crippen MR) is 80.8 cm³/mol. The van der Waals surface area contributed by atoms with Crippen molar-refractivity contribution < 1.29 is 4.79 Å². The molecule has 5 N–H and O–H groups in total. The third-order valence-electron chi connectivity index (χ3n) is 2.73. The van der Waals surface area contributed by atoms with Gasteiger partial charge in [-0.2, -0.15) is 0 Å². The van der Waals surface area contributed by atoms with Crippen LogP contribution in [0, 0.1) is 0 Å². The molecule has 0 radical (unpaired) electrons. The summed E-state index contributed by atoms with van der Waals surface area (Å²) in [5, 5.41) is 3.20. The van der Waals surface area contributed by atoms with Crippen LogP contribution in [0.4, 0.5) is 11.4 Å². The number of benzene rings is 2. The van der Waals surface area contributed by atoms with Gasteiger partial charge in [0, 0.05) is 16.6 Å². The number of nitrogens with two attached hydrogens (primary N) is 2. The third kappa shape index (κ3) is 3.48. The van der Waals surface area contributed by atoms with Gasteiger partial charge in [-0.15, -0.1) is 0 Å². The maximum Gasteiger partial charge on any atom is 0.248 e. The second-order valence-electron chi connectivity index (χ2n) is 4.15. The van der Waals surface area contributed by atoms with Gasteiger partial charge < -0.3 is 16.8 Å². The average molecular weight is 320 g/mol. The average Bonchev–Trinajstić information content (AvgIpc) is 2.39. The van der Waals surface area contributed by atoms with E-state index in [1.807, 2.05) is 24.3 Å². The van der Waals surface area contributed by atoms with Crippen molar-refractivity contribution in [3.05, 3.63) is 58.1 Å². The van der Waals surface area contributed by atoms with Crippen LogP contribution < -0.4 is 16.8 Å². The summed E-state index contributed by atoms with van der Waals surface area (Å²) in [4.78, 5) is 11.1. The van der Waals surface area contributed by atoms with Crippen LogP contribution in [0.2, 0.25) is 0 Å². The minimum Gasteiger partial charge on any atom is -0.397 e. The zero-order valence-electron chi connectivity index (χ0n) is 10.2. The summed E-state index contributed by atoms with van der Waals surface area (Å²) in [5.41, 5.74) is 13.9. The van der Waals surface area contributed by atoms with Gasteiger partial charge >= 0.3 is 0 Å². The summed E-state index contributed by atoms with van der Waals surface area (Å²) in [6.45, 7) is 0.625. The Morgan fingerprint density at radius 2 is 1.84 bits per heavy atom. The van der Waals surface area contributed by atoms with E-state index in [0.717, 1.165) is 10.0 Å². The van der Waals surface area contributed by atoms with E-state index >= 15 is 0 Å². The number of nitrogen functional groups attached to an aromatic ring is 1. The molecule has 2 rings (SSSR count). The summed E-state index contributed by atoms with van der Waals surface area (Å²) in [6.07, 6.45) is 0. The first-order chi connectivity index (χ1) is 9.06. The van der Waals surface area contributed by atoms with Crippen molar-refractivity contribution in [3.63, 3.8) is 0 Å². The van der Waals surface area contributed by atoms with Crippen molar-refractivity contribution in [1.82, 2.24) is 0 Å². The molecule has 1 amide bonds. The van der Waals surface area contributed by atoms with Crippen LogP contribution in [-0.4, -0.2) is 5.91 Å². The molecule has 98 valence electrons. The predicted octanol–water partition coefficient (Wildman–Crippen LogP) is 2.74. The first-order valence-corrected chi connectivity index (χ1v) is 6.53. The van der Waals surface area contributed by atoms with Crippen molar-refractivity contribution in [2.24, 2.45) is 5.73 Å². The molecule has 0 aliphatic rings. The van der Waals surface area contributed by atoms with Crippen LogP contribution in [0.5, 0.6) is 0 Å². The molecule has 0 unspecified atom stereocenters. The van der Waals surface area contributed by atoms with E-state index in [1.54, 1.807) is 18.2 Å². The van der Waals surface area contributed by atoms with Crippen LogP contribution in [0.15, 0.2) is 46.9 Å². The maximum absolute atomic E-state index is 11.1. The molecule has 4 nitrogen and oxygen atoms in total. The van der Waals surface area contributed by atoms with Crippen LogP contribution in [0.1, 0.15) is 15.9 Å². The van der Waals surface area contributed by atoms with E-state index in [2.05, 4.69) is 21.2 Å². The van der Waals surface area contributed by atoms with Crippen molar-refractivity contribution in [2.45, 2.75) is 6.54 Å². The molecule has 19 heavy (non-hydrogen) atoms. The number of hydrogen-bond acceptors (Lipinski definition) is 3. The lowest BCUT2D eigenvalue weighted by Crippen LogP contribution is -2.12. The lowest BCUT2D eigenvalue weighted by molar-refractivity contribution is 0.100. The Hall–Kier alpha value is -2.01. The van der Waals surface area contributed by atoms with Crippen molar-refractivity contribution in [3.8, 4) is 0 Å². The molecule has 0 fully saturated rings. The van der Waals surface area contributed by atoms with E-state index in [9.17, 15) is 4.79 Å². The number of nitrogens with one attached hydrogen (secondary N) is 1. The molecule has 0 spiro atoms. The quantitative estimate of drug-likeness (QED) is 0.758. The molecule has 0 aromatic heterocycles. The molecule has 2 aromatic rings. The molecule has 0 bridgehead atoms. The molecular formula is C14H14BrN3O. The van der Waals surface area contributed by atoms with E-state index in [0.29, 0.717) is 23.5 Å². The van der Waals surface area contributed by atoms with Gasteiger partial charge in [0.15, 0.2) is 0 Å². The number of carbonyl (C=O) groups excluding carboxylic acids is 1. The lowest BCUT2D eigenvalue weighted by atomic mass is 10.1. The molecule has 0 saturated heterocycles. The number of halogens is 1. The van der Waals surface area contributed by atoms with Crippen LogP contribution in [0.3, 0.4) is 0 Å². The SMILES string of the molecule is NC(=O)c1ccc(N)c(NCc2ccc(Br)cc2)c1. The van der Waals surface area contributed by atoms with Gasteiger partial charge in [0.2, 0.25) is 5.91 Å². The zero-order chi connectivity index (χ0) is 13.8. The highest BCUT2D eigenvalue weighted by Gasteiger charge is 2.05. The third-order valence-corrected chi connectivity index (χ3v) is 3.26. The Balaban J connectivity index is 2.12. The molecule has 5 heteroatoms. The number of anilines is 2. The number of hydrogen-bond donors (Lipinski definition) is 3. The van der Waals surface area contributed by atoms with E-state index in [1.165, 1.54) is 0 Å². The Morgan fingerprint density at radius 3 is 2.47 bits per heavy atom. The highest BCUT2D eigenvalue weighted by Crippen LogP contribution is 2.21. The second-order valence-corrected chi connectivity index (χ2v) is 5.06. The molecular weight excluding hydrogens is 306 g/mol. The molecule has 0 atom stereocenters. The van der Waals surface area contributed by atoms with E-state index in [-0.39, 0.29) is 0 Å². The fraction of sp³-hybridized carbons (Fsp3) is 0.0714. The Labute approximate surface area is 119 Å². The van der Waals surface area contributed by atoms with Crippen LogP contribution in [-0.2, 0) is 6.54 Å². The summed E-state index contributed by atoms with van der Waals surface area (Å²) in [7, 11) is 0. The fourth-order valence-corrected chi connectivity index (χ4v) is 1.93. The molecule has 0 aliphatic heterocycles. The Kier molecular flexibility index (Phi) is 4.06. The van der Waals surface area contributed by atoms with Crippen LogP contribution in [0.25, 0.3) is 0 Å². The smallest absolute Gasteiger partial charge is 0.248 e. The van der Waals surface area contributed by atoms with Crippen molar-refractivity contribution in [1.29, 1.82) is 0 Å². The van der Waals surface area contributed by atoms with Gasteiger partial charge in [-0.25, -0.2) is 0 Å². The normalized spacial score (nSPS) is 10.2. The minimum atomic E-state index is -0.466. The molecule has 0 saturated carbocycles. The molecule has 0 heterocycles. The van der Waals surface area contributed by atoms with Gasteiger partial charge in [0.1, 0.15) is 0 Å². The molecule has 0 aliphatic carbocycles. The van der Waals surface area contributed by atoms with E-state index < -0.39 is 5.91 Å². The largest absolute Gasteiger partial charge is 0.397 e. The summed E-state index contributed by atoms with van der Waals surface area (Å²) >= 11 is 3.39. The number of primary amides is 1. The monoisotopic (exact) mass is 319 g/mol. The summed E-state index contributed by atoms with van der Waals surface area (Å²) < 4.78 is 1.03. The van der Waals surface area contributed by atoms with Gasteiger partial charge in [-0.1, -0.05) is 28.1 Å². The van der Waals surface area contributed by atoms with Gasteiger partial charge in [0.25, 0.3) is 0 Å². The number of carbonyl (C=O) groups is 1. The van der Waals surface area contributed by atoms with E-state index in [4.69, 9.17) is 11.5 Å². The zero-order valence-corrected chi connectivity index (χ0v) is 11.8. The van der Waals surface area contributed by atoms with Crippen molar-refractivity contribution >= 4 is 33.2 Å². The fourth-order valence-electron chi connectivity index (χ4n) is 1.66. The second kappa shape index (κ2) is 5.75. The maximum atomic E-state index is 11.1. The highest BCUT2D eigenvalue weighted by atomic mass is 79.9. The first-order valence-electron chi connectivity index (χ1n) is 5.74. The van der Waals surface area contributed by atoms with Gasteiger partial charge in [-0.05, 0) is 35.9 Å².